The molecule has 1 N–H and O–H groups in total. The van der Waals surface area contributed by atoms with E-state index in [1.54, 1.807) is 13.3 Å². The van der Waals surface area contributed by atoms with Gasteiger partial charge in [0, 0.05) is 17.3 Å². The fourth-order valence-electron chi connectivity index (χ4n) is 2.90. The van der Waals surface area contributed by atoms with Crippen molar-refractivity contribution in [2.75, 3.05) is 7.11 Å². The fraction of sp³-hybridized carbons (Fsp3) is 0.286. The second-order valence-corrected chi connectivity index (χ2v) is 8.39. The highest BCUT2D eigenvalue weighted by atomic mass is 127. The lowest BCUT2D eigenvalue weighted by Crippen LogP contribution is -2.44. The molecule has 0 radical (unpaired) electrons. The lowest BCUT2D eigenvalue weighted by molar-refractivity contribution is 0.0905. The number of benzene rings is 1. The number of amides is 1. The summed E-state index contributed by atoms with van der Waals surface area (Å²) in [5.74, 6) is 0.439. The number of oxazole rings is 1. The Kier molecular flexibility index (Phi) is 6.51. The molecule has 6 nitrogen and oxygen atoms in total. The topological polar surface area (TPSA) is 77.2 Å². The Bertz CT molecular complexity index is 1020. The van der Waals surface area contributed by atoms with Crippen LogP contribution < -0.4 is 10.1 Å². The first kappa shape index (κ1) is 21.2. The standard InChI is InChI=1S/C21H21FIN3O3/c1-21(2,7-6-13-8-15(22)11-24-10-13)26-20(27)18-19(29-12-25-18)14-4-5-17(28-3)16(23)9-14/h4-5,8-12H,6-7H2,1-3H3,(H,26,27). The third-order valence-corrected chi connectivity index (χ3v) is 5.29. The van der Waals surface area contributed by atoms with E-state index in [4.69, 9.17) is 9.15 Å². The molecule has 8 heteroatoms. The van der Waals surface area contributed by atoms with Crippen LogP contribution in [-0.4, -0.2) is 28.5 Å². The summed E-state index contributed by atoms with van der Waals surface area (Å²) in [6, 6.07) is 6.96. The molecule has 0 aliphatic carbocycles. The van der Waals surface area contributed by atoms with E-state index in [9.17, 15) is 9.18 Å². The van der Waals surface area contributed by atoms with Crippen LogP contribution in [0.5, 0.6) is 5.75 Å². The molecule has 3 aromatic rings. The summed E-state index contributed by atoms with van der Waals surface area (Å²) < 4.78 is 25.0. The summed E-state index contributed by atoms with van der Waals surface area (Å²) >= 11 is 2.16. The highest BCUT2D eigenvalue weighted by molar-refractivity contribution is 14.1. The van der Waals surface area contributed by atoms with Crippen LogP contribution in [0.25, 0.3) is 11.3 Å². The van der Waals surface area contributed by atoms with Gasteiger partial charge in [0.2, 0.25) is 0 Å². The highest BCUT2D eigenvalue weighted by Crippen LogP contribution is 2.30. The first-order chi connectivity index (χ1) is 13.8. The van der Waals surface area contributed by atoms with Gasteiger partial charge in [-0.3, -0.25) is 9.78 Å². The number of rotatable bonds is 7. The second-order valence-electron chi connectivity index (χ2n) is 7.23. The van der Waals surface area contributed by atoms with Crippen molar-refractivity contribution in [3.63, 3.8) is 0 Å². The molecule has 3 rings (SSSR count). The maximum Gasteiger partial charge on any atom is 0.274 e. The van der Waals surface area contributed by atoms with Crippen molar-refractivity contribution in [3.05, 3.63) is 63.7 Å². The van der Waals surface area contributed by atoms with Gasteiger partial charge < -0.3 is 14.5 Å². The number of carbonyl (C=O) groups excluding carboxylic acids is 1. The van der Waals surface area contributed by atoms with E-state index >= 15 is 0 Å². The number of aromatic nitrogens is 2. The minimum absolute atomic E-state index is 0.214. The number of aryl methyl sites for hydroxylation is 1. The van der Waals surface area contributed by atoms with Crippen molar-refractivity contribution >= 4 is 28.5 Å². The Morgan fingerprint density at radius 2 is 2.10 bits per heavy atom. The normalized spacial score (nSPS) is 11.3. The van der Waals surface area contributed by atoms with Gasteiger partial charge in [0.1, 0.15) is 11.6 Å². The smallest absolute Gasteiger partial charge is 0.274 e. The predicted molar refractivity (Wildman–Crippen MR) is 115 cm³/mol. The number of hydrogen-bond acceptors (Lipinski definition) is 5. The summed E-state index contributed by atoms with van der Waals surface area (Å²) in [7, 11) is 1.60. The zero-order valence-electron chi connectivity index (χ0n) is 16.3. The first-order valence-electron chi connectivity index (χ1n) is 8.98. The summed E-state index contributed by atoms with van der Waals surface area (Å²) in [4.78, 5) is 20.8. The number of pyridine rings is 1. The lowest BCUT2D eigenvalue weighted by atomic mass is 9.95. The number of ether oxygens (including phenoxy) is 1. The number of methoxy groups -OCH3 is 1. The van der Waals surface area contributed by atoms with Gasteiger partial charge in [0.05, 0.1) is 16.9 Å². The van der Waals surface area contributed by atoms with Crippen molar-refractivity contribution in [2.45, 2.75) is 32.2 Å². The quantitative estimate of drug-likeness (QED) is 0.470. The SMILES string of the molecule is COc1ccc(-c2ocnc2C(=O)NC(C)(C)CCc2cncc(F)c2)cc1I. The van der Waals surface area contributed by atoms with Gasteiger partial charge >= 0.3 is 0 Å². The maximum absolute atomic E-state index is 13.3. The van der Waals surface area contributed by atoms with Crippen molar-refractivity contribution < 1.29 is 18.3 Å². The van der Waals surface area contributed by atoms with Crippen LogP contribution in [-0.2, 0) is 6.42 Å². The molecule has 0 atom stereocenters. The van der Waals surface area contributed by atoms with Crippen molar-refractivity contribution in [1.82, 2.24) is 15.3 Å². The average molecular weight is 509 g/mol. The third-order valence-electron chi connectivity index (χ3n) is 4.45. The lowest BCUT2D eigenvalue weighted by Gasteiger charge is -2.26. The molecule has 1 amide bonds. The number of nitrogens with one attached hydrogen (secondary N) is 1. The van der Waals surface area contributed by atoms with E-state index in [2.05, 4.69) is 37.9 Å². The molecule has 0 aliphatic rings. The molecule has 0 bridgehead atoms. The molecule has 2 aromatic heterocycles. The number of hydrogen-bond donors (Lipinski definition) is 1. The number of nitrogens with zero attached hydrogens (tertiary/aromatic N) is 2. The van der Waals surface area contributed by atoms with Crippen LogP contribution in [0.2, 0.25) is 0 Å². The highest BCUT2D eigenvalue weighted by Gasteiger charge is 2.26. The Morgan fingerprint density at radius 3 is 2.79 bits per heavy atom. The van der Waals surface area contributed by atoms with E-state index in [0.717, 1.165) is 20.4 Å². The van der Waals surface area contributed by atoms with Crippen molar-refractivity contribution in [3.8, 4) is 17.1 Å². The van der Waals surface area contributed by atoms with Gasteiger partial charge in [-0.25, -0.2) is 9.37 Å². The van der Waals surface area contributed by atoms with Gasteiger partial charge in [0.25, 0.3) is 5.91 Å². The molecular weight excluding hydrogens is 488 g/mol. The maximum atomic E-state index is 13.3. The zero-order valence-corrected chi connectivity index (χ0v) is 18.5. The Morgan fingerprint density at radius 1 is 1.31 bits per heavy atom. The largest absolute Gasteiger partial charge is 0.496 e. The van der Waals surface area contributed by atoms with Gasteiger partial charge in [0.15, 0.2) is 17.8 Å². The molecule has 29 heavy (non-hydrogen) atoms. The number of halogens is 2. The monoisotopic (exact) mass is 509 g/mol. The van der Waals surface area contributed by atoms with E-state index in [0.29, 0.717) is 18.6 Å². The summed E-state index contributed by atoms with van der Waals surface area (Å²) in [5, 5.41) is 2.99. The average Bonchev–Trinajstić information content (AvgIpc) is 3.16. The molecule has 0 saturated heterocycles. The van der Waals surface area contributed by atoms with E-state index in [1.807, 2.05) is 32.0 Å². The molecule has 0 spiro atoms. The minimum atomic E-state index is -0.534. The van der Waals surface area contributed by atoms with Gasteiger partial charge in [-0.2, -0.15) is 0 Å². The molecular formula is C21H21FIN3O3. The van der Waals surface area contributed by atoms with Crippen LogP contribution in [0.3, 0.4) is 0 Å². The van der Waals surface area contributed by atoms with Gasteiger partial charge in [-0.15, -0.1) is 0 Å². The second kappa shape index (κ2) is 8.89. The molecule has 152 valence electrons. The van der Waals surface area contributed by atoms with Gasteiger partial charge in [-0.05, 0) is 79.1 Å². The number of carbonyl (C=O) groups is 1. The van der Waals surface area contributed by atoms with E-state index in [1.165, 1.54) is 18.7 Å². The van der Waals surface area contributed by atoms with Crippen LogP contribution in [0.4, 0.5) is 4.39 Å². The first-order valence-corrected chi connectivity index (χ1v) is 10.1. The predicted octanol–water partition coefficient (Wildman–Crippen LogP) is 4.63. The molecule has 1 aromatic carbocycles. The fourth-order valence-corrected chi connectivity index (χ4v) is 3.63. The van der Waals surface area contributed by atoms with Crippen LogP contribution in [0, 0.1) is 9.39 Å². The molecule has 2 heterocycles. The summed E-state index contributed by atoms with van der Waals surface area (Å²) in [6.07, 6.45) is 5.25. The zero-order chi connectivity index (χ0) is 21.0. The Hall–Kier alpha value is -2.49. The summed E-state index contributed by atoms with van der Waals surface area (Å²) in [5.41, 5.74) is 1.20. The van der Waals surface area contributed by atoms with Crippen LogP contribution >= 0.6 is 22.6 Å². The molecule has 0 unspecified atom stereocenters. The van der Waals surface area contributed by atoms with E-state index in [-0.39, 0.29) is 17.4 Å². The van der Waals surface area contributed by atoms with E-state index < -0.39 is 5.54 Å². The minimum Gasteiger partial charge on any atom is -0.496 e. The van der Waals surface area contributed by atoms with Gasteiger partial charge in [-0.1, -0.05) is 0 Å². The van der Waals surface area contributed by atoms with Crippen molar-refractivity contribution in [1.29, 1.82) is 0 Å². The summed E-state index contributed by atoms with van der Waals surface area (Å²) in [6.45, 7) is 3.82. The Balaban J connectivity index is 1.72. The van der Waals surface area contributed by atoms with Crippen LogP contribution in [0.15, 0.2) is 47.5 Å². The molecule has 0 aliphatic heterocycles. The third kappa shape index (κ3) is 5.31. The molecule has 0 saturated carbocycles. The van der Waals surface area contributed by atoms with Crippen molar-refractivity contribution in [2.24, 2.45) is 0 Å². The van der Waals surface area contributed by atoms with Crippen LogP contribution in [0.1, 0.15) is 36.3 Å². The molecule has 0 fully saturated rings. The Labute approximate surface area is 182 Å².